The molecule has 1 amide bonds. The standard InChI is InChI=1S/C14H25NO12/c1-4(18)15-11-9(21)7(19)5(2-16)26-13(11,24)14(25)12(23)10(22)8(20)6(3-17)27-14/h5-12,16-17,19-25H,2-3H2,1H3,(H,15,18)/t5-,6-,7-,8+,9+,10+,11-,12-,13?,14+/m1/s1. The highest BCUT2D eigenvalue weighted by atomic mass is 16.7. The summed E-state index contributed by atoms with van der Waals surface area (Å²) in [6.45, 7) is -0.925. The van der Waals surface area contributed by atoms with E-state index in [0.717, 1.165) is 6.92 Å². The van der Waals surface area contributed by atoms with Crippen molar-refractivity contribution in [2.75, 3.05) is 13.2 Å². The number of rotatable bonds is 4. The van der Waals surface area contributed by atoms with E-state index in [1.54, 1.807) is 0 Å². The molecule has 10 atom stereocenters. The Balaban J connectivity index is 2.55. The zero-order valence-corrected chi connectivity index (χ0v) is 14.3. The van der Waals surface area contributed by atoms with Crippen LogP contribution in [0.5, 0.6) is 0 Å². The SMILES string of the molecule is CC(=O)N[C@@H]1[C@@H](O)[C@H](O)[C@@H](CO)OC1(O)[C@@]1(O)O[C@H](CO)[C@H](O)[C@H](O)[C@H]1O. The third-order valence-electron chi connectivity index (χ3n) is 4.84. The van der Waals surface area contributed by atoms with E-state index in [4.69, 9.17) is 9.47 Å². The summed E-state index contributed by atoms with van der Waals surface area (Å²) in [5.41, 5.74) is 0. The van der Waals surface area contributed by atoms with Crippen LogP contribution in [0.1, 0.15) is 6.92 Å². The predicted molar refractivity (Wildman–Crippen MR) is 81.5 cm³/mol. The van der Waals surface area contributed by atoms with Crippen molar-refractivity contribution >= 4 is 5.91 Å². The summed E-state index contributed by atoms with van der Waals surface area (Å²) in [6.07, 6.45) is -13.7. The highest BCUT2D eigenvalue weighted by Gasteiger charge is 2.71. The average Bonchev–Trinajstić information content (AvgIpc) is 2.62. The van der Waals surface area contributed by atoms with Gasteiger partial charge in [-0.3, -0.25) is 4.79 Å². The van der Waals surface area contributed by atoms with Crippen LogP contribution in [0.3, 0.4) is 0 Å². The third kappa shape index (κ3) is 3.45. The first-order chi connectivity index (χ1) is 12.4. The number of carbonyl (C=O) groups excluding carboxylic acids is 1. The van der Waals surface area contributed by atoms with Crippen LogP contribution in [0.2, 0.25) is 0 Å². The van der Waals surface area contributed by atoms with Crippen molar-refractivity contribution in [3.8, 4) is 0 Å². The van der Waals surface area contributed by atoms with Gasteiger partial charge >= 0.3 is 0 Å². The first-order valence-corrected chi connectivity index (χ1v) is 8.14. The van der Waals surface area contributed by atoms with Crippen molar-refractivity contribution in [2.24, 2.45) is 0 Å². The van der Waals surface area contributed by atoms with Gasteiger partial charge in [0.25, 0.3) is 5.79 Å². The Morgan fingerprint density at radius 2 is 1.30 bits per heavy atom. The second kappa shape index (κ2) is 7.81. The molecule has 2 aliphatic rings. The smallest absolute Gasteiger partial charge is 0.253 e. The Kier molecular flexibility index (Phi) is 6.45. The minimum Gasteiger partial charge on any atom is -0.394 e. The molecule has 0 aliphatic carbocycles. The number of hydrogen-bond donors (Lipinski definition) is 10. The van der Waals surface area contributed by atoms with Crippen molar-refractivity contribution in [3.63, 3.8) is 0 Å². The minimum atomic E-state index is -3.30. The van der Waals surface area contributed by atoms with E-state index < -0.39 is 79.5 Å². The van der Waals surface area contributed by atoms with Crippen LogP contribution in [0.15, 0.2) is 0 Å². The molecule has 0 saturated carbocycles. The maximum absolute atomic E-state index is 11.5. The van der Waals surface area contributed by atoms with Crippen LogP contribution in [-0.2, 0) is 14.3 Å². The van der Waals surface area contributed by atoms with E-state index in [-0.39, 0.29) is 0 Å². The molecule has 0 radical (unpaired) electrons. The van der Waals surface area contributed by atoms with Crippen LogP contribution in [0, 0.1) is 0 Å². The molecule has 158 valence electrons. The zero-order chi connectivity index (χ0) is 20.7. The first kappa shape index (κ1) is 22.3. The second-order valence-electron chi connectivity index (χ2n) is 6.66. The highest BCUT2D eigenvalue weighted by molar-refractivity contribution is 5.73. The molecule has 0 bridgehead atoms. The Morgan fingerprint density at radius 3 is 1.74 bits per heavy atom. The molecular weight excluding hydrogens is 374 g/mol. The van der Waals surface area contributed by atoms with Gasteiger partial charge in [0, 0.05) is 6.92 Å². The maximum Gasteiger partial charge on any atom is 0.253 e. The molecule has 10 N–H and O–H groups in total. The van der Waals surface area contributed by atoms with Crippen LogP contribution in [0.25, 0.3) is 0 Å². The summed E-state index contributed by atoms with van der Waals surface area (Å²) in [5.74, 6) is -7.37. The number of aliphatic hydroxyl groups is 9. The number of ether oxygens (including phenoxy) is 2. The Bertz CT molecular complexity index is 548. The van der Waals surface area contributed by atoms with Crippen molar-refractivity contribution in [1.29, 1.82) is 0 Å². The zero-order valence-electron chi connectivity index (χ0n) is 14.3. The lowest BCUT2D eigenvalue weighted by Crippen LogP contribution is -2.83. The third-order valence-corrected chi connectivity index (χ3v) is 4.84. The number of carbonyl (C=O) groups is 1. The van der Waals surface area contributed by atoms with E-state index in [1.807, 2.05) is 5.32 Å². The van der Waals surface area contributed by atoms with Gasteiger partial charge in [-0.1, -0.05) is 0 Å². The minimum absolute atomic E-state index is 0.844. The fraction of sp³-hybridized carbons (Fsp3) is 0.929. The molecule has 2 heterocycles. The Hall–Kier alpha value is -0.970. The van der Waals surface area contributed by atoms with Gasteiger partial charge < -0.3 is 60.7 Å². The number of aliphatic hydroxyl groups excluding tert-OH is 7. The van der Waals surface area contributed by atoms with Crippen LogP contribution in [-0.4, -0.2) is 125 Å². The molecular formula is C14H25NO12. The lowest BCUT2D eigenvalue weighted by molar-refractivity contribution is -0.477. The van der Waals surface area contributed by atoms with Gasteiger partial charge in [-0.15, -0.1) is 0 Å². The van der Waals surface area contributed by atoms with E-state index in [9.17, 15) is 50.8 Å². The fourth-order valence-electron chi connectivity index (χ4n) is 3.33. The molecule has 2 saturated heterocycles. The van der Waals surface area contributed by atoms with Crippen molar-refractivity contribution in [1.82, 2.24) is 5.32 Å². The quantitative estimate of drug-likeness (QED) is 0.213. The van der Waals surface area contributed by atoms with E-state index >= 15 is 0 Å². The van der Waals surface area contributed by atoms with Gasteiger partial charge in [-0.05, 0) is 0 Å². The summed E-state index contributed by atoms with van der Waals surface area (Å²) in [5, 5.41) is 92.7. The van der Waals surface area contributed by atoms with Crippen molar-refractivity contribution in [2.45, 2.75) is 67.3 Å². The van der Waals surface area contributed by atoms with E-state index in [1.165, 1.54) is 0 Å². The van der Waals surface area contributed by atoms with Crippen LogP contribution >= 0.6 is 0 Å². The topological polar surface area (TPSA) is 230 Å². The van der Waals surface area contributed by atoms with Gasteiger partial charge in [0.15, 0.2) is 0 Å². The molecule has 0 aromatic rings. The van der Waals surface area contributed by atoms with Crippen molar-refractivity contribution in [3.05, 3.63) is 0 Å². The largest absolute Gasteiger partial charge is 0.394 e. The van der Waals surface area contributed by atoms with Crippen LogP contribution in [0.4, 0.5) is 0 Å². The molecule has 1 unspecified atom stereocenters. The second-order valence-corrected chi connectivity index (χ2v) is 6.66. The average molecular weight is 399 g/mol. The molecule has 2 rings (SSSR count). The van der Waals surface area contributed by atoms with Gasteiger partial charge in [-0.2, -0.15) is 0 Å². The summed E-state index contributed by atoms with van der Waals surface area (Å²) in [4.78, 5) is 11.5. The lowest BCUT2D eigenvalue weighted by Gasteiger charge is -2.57. The molecule has 27 heavy (non-hydrogen) atoms. The molecule has 0 aromatic carbocycles. The number of nitrogens with one attached hydrogen (secondary N) is 1. The predicted octanol–water partition coefficient (Wildman–Crippen LogP) is -6.54. The summed E-state index contributed by atoms with van der Waals surface area (Å²) in [7, 11) is 0. The van der Waals surface area contributed by atoms with Crippen LogP contribution < -0.4 is 5.32 Å². The monoisotopic (exact) mass is 399 g/mol. The summed E-state index contributed by atoms with van der Waals surface area (Å²) >= 11 is 0. The first-order valence-electron chi connectivity index (χ1n) is 8.14. The fourth-order valence-corrected chi connectivity index (χ4v) is 3.33. The number of amides is 1. The number of hydrogen-bond acceptors (Lipinski definition) is 12. The molecule has 0 spiro atoms. The molecule has 13 heteroatoms. The van der Waals surface area contributed by atoms with E-state index in [0.29, 0.717) is 0 Å². The molecule has 2 aliphatic heterocycles. The molecule has 2 fully saturated rings. The highest BCUT2D eigenvalue weighted by Crippen LogP contribution is 2.43. The van der Waals surface area contributed by atoms with Gasteiger partial charge in [0.05, 0.1) is 13.2 Å². The molecule has 0 aromatic heterocycles. The van der Waals surface area contributed by atoms with Gasteiger partial charge in [0.1, 0.15) is 48.8 Å². The van der Waals surface area contributed by atoms with Gasteiger partial charge in [0.2, 0.25) is 11.7 Å². The van der Waals surface area contributed by atoms with Crippen molar-refractivity contribution < 1.29 is 60.2 Å². The Labute approximate surface area is 153 Å². The Morgan fingerprint density at radius 1 is 0.852 bits per heavy atom. The molecule has 13 nitrogen and oxygen atoms in total. The van der Waals surface area contributed by atoms with Gasteiger partial charge in [-0.25, -0.2) is 0 Å². The van der Waals surface area contributed by atoms with E-state index in [2.05, 4.69) is 0 Å². The summed E-state index contributed by atoms with van der Waals surface area (Å²) in [6, 6.07) is -2.01. The maximum atomic E-state index is 11.5. The lowest BCUT2D eigenvalue weighted by atomic mass is 9.79. The summed E-state index contributed by atoms with van der Waals surface area (Å²) < 4.78 is 10.1. The normalized spacial score (nSPS) is 51.0.